The third kappa shape index (κ3) is 3.34. The molecule has 0 bridgehead atoms. The van der Waals surface area contributed by atoms with E-state index in [9.17, 15) is 9.90 Å². The number of para-hydroxylation sites is 1. The standard InChI is InChI=1S/C17H20N2O2/c1-3-14(13-6-4-5-7-16(13)20)19-15-9-8-12(17(18)21)10-11(15)2/h4-10,14,19-20H,3H2,1-2H3,(H2,18,21). The van der Waals surface area contributed by atoms with Crippen LogP contribution in [0.1, 0.15) is 40.9 Å². The highest BCUT2D eigenvalue weighted by Gasteiger charge is 2.14. The van der Waals surface area contributed by atoms with E-state index in [-0.39, 0.29) is 11.8 Å². The lowest BCUT2D eigenvalue weighted by molar-refractivity contribution is 0.1000. The van der Waals surface area contributed by atoms with Crippen molar-refractivity contribution in [3.8, 4) is 5.75 Å². The summed E-state index contributed by atoms with van der Waals surface area (Å²) in [6, 6.07) is 12.6. The molecule has 0 fully saturated rings. The molecule has 0 saturated heterocycles. The first-order valence-electron chi connectivity index (χ1n) is 6.97. The summed E-state index contributed by atoms with van der Waals surface area (Å²) >= 11 is 0. The maximum atomic E-state index is 11.2. The molecule has 2 aromatic carbocycles. The number of phenolic OH excluding ortho intramolecular Hbond substituents is 1. The first kappa shape index (κ1) is 14.9. The molecule has 0 aliphatic rings. The van der Waals surface area contributed by atoms with Gasteiger partial charge in [-0.2, -0.15) is 0 Å². The zero-order valence-corrected chi connectivity index (χ0v) is 12.3. The Kier molecular flexibility index (Phi) is 4.48. The van der Waals surface area contributed by atoms with Crippen molar-refractivity contribution >= 4 is 11.6 Å². The zero-order valence-electron chi connectivity index (χ0n) is 12.3. The minimum absolute atomic E-state index is 0.00401. The van der Waals surface area contributed by atoms with E-state index in [0.29, 0.717) is 5.56 Å². The molecule has 0 heterocycles. The number of amides is 1. The Hall–Kier alpha value is -2.49. The number of nitrogens with two attached hydrogens (primary N) is 1. The Morgan fingerprint density at radius 3 is 2.57 bits per heavy atom. The van der Waals surface area contributed by atoms with Crippen LogP contribution in [0.25, 0.3) is 0 Å². The minimum atomic E-state index is -0.433. The Bertz CT molecular complexity index is 653. The smallest absolute Gasteiger partial charge is 0.248 e. The molecule has 4 N–H and O–H groups in total. The second-order valence-electron chi connectivity index (χ2n) is 5.06. The SMILES string of the molecule is CCC(Nc1ccc(C(N)=O)cc1C)c1ccccc1O. The number of aromatic hydroxyl groups is 1. The van der Waals surface area contributed by atoms with Crippen molar-refractivity contribution in [1.29, 1.82) is 0 Å². The predicted molar refractivity (Wildman–Crippen MR) is 84.5 cm³/mol. The first-order chi connectivity index (χ1) is 10.0. The van der Waals surface area contributed by atoms with E-state index in [2.05, 4.69) is 12.2 Å². The molecule has 0 aromatic heterocycles. The Balaban J connectivity index is 2.27. The average molecular weight is 284 g/mol. The number of phenols is 1. The monoisotopic (exact) mass is 284 g/mol. The van der Waals surface area contributed by atoms with Crippen LogP contribution in [0.2, 0.25) is 0 Å². The Morgan fingerprint density at radius 1 is 1.29 bits per heavy atom. The summed E-state index contributed by atoms with van der Waals surface area (Å²) in [4.78, 5) is 11.2. The summed E-state index contributed by atoms with van der Waals surface area (Å²) in [6.07, 6.45) is 0.828. The number of carbonyl (C=O) groups is 1. The van der Waals surface area contributed by atoms with Crippen LogP contribution in [0.4, 0.5) is 5.69 Å². The number of benzene rings is 2. The van der Waals surface area contributed by atoms with E-state index in [1.165, 1.54) is 0 Å². The second-order valence-corrected chi connectivity index (χ2v) is 5.06. The zero-order chi connectivity index (χ0) is 15.4. The summed E-state index contributed by atoms with van der Waals surface area (Å²) in [5.74, 6) is -0.152. The van der Waals surface area contributed by atoms with Gasteiger partial charge in [-0.05, 0) is 43.2 Å². The molecule has 4 heteroatoms. The molecule has 0 radical (unpaired) electrons. The normalized spacial score (nSPS) is 11.9. The highest BCUT2D eigenvalue weighted by atomic mass is 16.3. The lowest BCUT2D eigenvalue weighted by Gasteiger charge is -2.21. The molecule has 0 spiro atoms. The predicted octanol–water partition coefficient (Wildman–Crippen LogP) is 3.36. The average Bonchev–Trinajstić information content (AvgIpc) is 2.47. The fourth-order valence-corrected chi connectivity index (χ4v) is 2.35. The number of aryl methyl sites for hydroxylation is 1. The quantitative estimate of drug-likeness (QED) is 0.788. The van der Waals surface area contributed by atoms with Crippen LogP contribution in [-0.4, -0.2) is 11.0 Å². The van der Waals surface area contributed by atoms with Gasteiger partial charge in [0.2, 0.25) is 5.91 Å². The first-order valence-corrected chi connectivity index (χ1v) is 6.97. The third-order valence-corrected chi connectivity index (χ3v) is 3.56. The van der Waals surface area contributed by atoms with Gasteiger partial charge in [-0.15, -0.1) is 0 Å². The molecule has 2 aromatic rings. The van der Waals surface area contributed by atoms with Gasteiger partial charge in [0.25, 0.3) is 0 Å². The molecule has 0 saturated carbocycles. The van der Waals surface area contributed by atoms with Crippen molar-refractivity contribution in [3.63, 3.8) is 0 Å². The van der Waals surface area contributed by atoms with E-state index < -0.39 is 5.91 Å². The summed E-state index contributed by atoms with van der Waals surface area (Å²) in [7, 11) is 0. The molecule has 21 heavy (non-hydrogen) atoms. The van der Waals surface area contributed by atoms with Gasteiger partial charge < -0.3 is 16.2 Å². The maximum Gasteiger partial charge on any atom is 0.248 e. The largest absolute Gasteiger partial charge is 0.508 e. The van der Waals surface area contributed by atoms with E-state index in [1.54, 1.807) is 24.3 Å². The van der Waals surface area contributed by atoms with E-state index in [1.807, 2.05) is 25.1 Å². The van der Waals surface area contributed by atoms with Crippen LogP contribution in [0, 0.1) is 6.92 Å². The van der Waals surface area contributed by atoms with Crippen LogP contribution in [-0.2, 0) is 0 Å². The van der Waals surface area contributed by atoms with Gasteiger partial charge in [-0.1, -0.05) is 25.1 Å². The van der Waals surface area contributed by atoms with Crippen LogP contribution in [0.3, 0.4) is 0 Å². The fourth-order valence-electron chi connectivity index (χ4n) is 2.35. The maximum absolute atomic E-state index is 11.2. The van der Waals surface area contributed by atoms with Crippen molar-refractivity contribution < 1.29 is 9.90 Å². The van der Waals surface area contributed by atoms with Crippen LogP contribution in [0.15, 0.2) is 42.5 Å². The molecular weight excluding hydrogens is 264 g/mol. The van der Waals surface area contributed by atoms with Crippen molar-refractivity contribution in [3.05, 3.63) is 59.2 Å². The molecule has 0 aliphatic heterocycles. The molecule has 0 aliphatic carbocycles. The molecule has 1 unspecified atom stereocenters. The number of rotatable bonds is 5. The van der Waals surface area contributed by atoms with Gasteiger partial charge in [-0.3, -0.25) is 4.79 Å². The highest BCUT2D eigenvalue weighted by molar-refractivity contribution is 5.93. The second kappa shape index (κ2) is 6.31. The van der Waals surface area contributed by atoms with Crippen LogP contribution < -0.4 is 11.1 Å². The van der Waals surface area contributed by atoms with E-state index in [0.717, 1.165) is 23.2 Å². The summed E-state index contributed by atoms with van der Waals surface area (Å²) in [6.45, 7) is 3.98. The Morgan fingerprint density at radius 2 is 2.00 bits per heavy atom. The lowest BCUT2D eigenvalue weighted by atomic mass is 10.0. The van der Waals surface area contributed by atoms with Gasteiger partial charge in [0.1, 0.15) is 5.75 Å². The van der Waals surface area contributed by atoms with E-state index >= 15 is 0 Å². The molecule has 4 nitrogen and oxygen atoms in total. The third-order valence-electron chi connectivity index (χ3n) is 3.56. The van der Waals surface area contributed by atoms with Crippen molar-refractivity contribution in [2.75, 3.05) is 5.32 Å². The van der Waals surface area contributed by atoms with Crippen molar-refractivity contribution in [1.82, 2.24) is 0 Å². The number of primary amides is 1. The summed E-state index contributed by atoms with van der Waals surface area (Å²) < 4.78 is 0. The fraction of sp³-hybridized carbons (Fsp3) is 0.235. The van der Waals surface area contributed by atoms with Gasteiger partial charge in [0.15, 0.2) is 0 Å². The van der Waals surface area contributed by atoms with Crippen molar-refractivity contribution in [2.24, 2.45) is 5.73 Å². The van der Waals surface area contributed by atoms with E-state index in [4.69, 9.17) is 5.73 Å². The van der Waals surface area contributed by atoms with Crippen molar-refractivity contribution in [2.45, 2.75) is 26.3 Å². The number of anilines is 1. The lowest BCUT2D eigenvalue weighted by Crippen LogP contribution is -2.13. The number of hydrogen-bond donors (Lipinski definition) is 3. The summed E-state index contributed by atoms with van der Waals surface area (Å²) in [5, 5.41) is 13.4. The van der Waals surface area contributed by atoms with Gasteiger partial charge >= 0.3 is 0 Å². The Labute approximate surface area is 124 Å². The van der Waals surface area contributed by atoms with Gasteiger partial charge in [0, 0.05) is 16.8 Å². The number of hydrogen-bond acceptors (Lipinski definition) is 3. The number of carbonyl (C=O) groups excluding carboxylic acids is 1. The van der Waals surface area contributed by atoms with Gasteiger partial charge in [0.05, 0.1) is 6.04 Å². The van der Waals surface area contributed by atoms with Crippen LogP contribution in [0.5, 0.6) is 5.75 Å². The molecular formula is C17H20N2O2. The van der Waals surface area contributed by atoms with Gasteiger partial charge in [-0.25, -0.2) is 0 Å². The molecule has 1 atom stereocenters. The van der Waals surface area contributed by atoms with Crippen LogP contribution >= 0.6 is 0 Å². The highest BCUT2D eigenvalue weighted by Crippen LogP contribution is 2.30. The molecule has 2 rings (SSSR count). The molecule has 1 amide bonds. The number of nitrogens with one attached hydrogen (secondary N) is 1. The topological polar surface area (TPSA) is 75.3 Å². The summed E-state index contributed by atoms with van der Waals surface area (Å²) in [5.41, 5.74) is 8.50. The minimum Gasteiger partial charge on any atom is -0.508 e. The molecule has 110 valence electrons.